The van der Waals surface area contributed by atoms with E-state index >= 15 is 50.5 Å². The highest BCUT2D eigenvalue weighted by molar-refractivity contribution is 7.94. The van der Waals surface area contributed by atoms with Crippen molar-refractivity contribution in [3.8, 4) is 0 Å². The van der Waals surface area contributed by atoms with Crippen LogP contribution < -0.4 is 25.8 Å². The molecule has 0 saturated heterocycles. The molecule has 0 aromatic heterocycles. The second-order valence-electron chi connectivity index (χ2n) is 26.7. The smallest absolute Gasteiger partial charge is 0.264 e. The van der Waals surface area contributed by atoms with Crippen LogP contribution in [0.4, 0.5) is 34.1 Å². The lowest BCUT2D eigenvalue weighted by Gasteiger charge is -2.31. The Bertz CT molecular complexity index is 4300. The van der Waals surface area contributed by atoms with Crippen molar-refractivity contribution in [1.82, 2.24) is 9.80 Å². The van der Waals surface area contributed by atoms with Gasteiger partial charge in [0.1, 0.15) is 0 Å². The minimum atomic E-state index is -4.31. The number of aryl methyl sites for hydroxylation is 6. The third-order valence-corrected chi connectivity index (χ3v) is 30.0. The van der Waals surface area contributed by atoms with E-state index in [1.165, 1.54) is 25.8 Å². The maximum Gasteiger partial charge on any atom is 0.264 e. The maximum absolute atomic E-state index is 15.2. The van der Waals surface area contributed by atoms with E-state index in [1.807, 2.05) is 51.3 Å². The highest BCUT2D eigenvalue weighted by Gasteiger charge is 2.34. The van der Waals surface area contributed by atoms with Crippen molar-refractivity contribution < 1.29 is 50.5 Å². The predicted molar refractivity (Wildman–Crippen MR) is 414 cm³/mol. The van der Waals surface area contributed by atoms with Crippen LogP contribution in [-0.2, 0) is 60.1 Å². The molecule has 12 aliphatic heterocycles. The molecule has 20 nitrogen and oxygen atoms in total. The van der Waals surface area contributed by atoms with Crippen molar-refractivity contribution in [3.63, 3.8) is 0 Å². The molecule has 0 saturated carbocycles. The molecule has 0 spiro atoms. The van der Waals surface area contributed by atoms with E-state index in [4.69, 9.17) is 0 Å². The Morgan fingerprint density at radius 2 is 0.288 bits per heavy atom. The fourth-order valence-electron chi connectivity index (χ4n) is 13.0. The summed E-state index contributed by atoms with van der Waals surface area (Å²) < 4.78 is 190. The molecule has 550 valence electrons. The van der Waals surface area contributed by atoms with Gasteiger partial charge in [-0.15, -0.1) is 0 Å². The minimum Gasteiger partial charge on any atom is -0.303 e. The molecule has 0 unspecified atom stereocenters. The number of hydrogen-bond acceptors (Lipinski definition) is 14. The molecule has 0 aliphatic carbocycles. The van der Waals surface area contributed by atoms with Crippen molar-refractivity contribution >= 4 is 94.3 Å². The number of benzene rings is 9. The molecule has 0 atom stereocenters. The summed E-state index contributed by atoms with van der Waals surface area (Å²) in [4.78, 5) is 4.28. The molecule has 12 heterocycles. The van der Waals surface area contributed by atoms with Crippen LogP contribution in [0.1, 0.15) is 71.9 Å². The third kappa shape index (κ3) is 17.5. The molecule has 0 radical (unpaired) electrons. The Morgan fingerprint density at radius 3 is 0.404 bits per heavy atom. The average Bonchev–Trinajstić information content (AvgIpc) is 0.791. The molecule has 21 rings (SSSR count). The van der Waals surface area contributed by atoms with Gasteiger partial charge < -0.3 is 9.80 Å². The van der Waals surface area contributed by atoms with Crippen LogP contribution in [0, 0.1) is 41.5 Å². The second-order valence-corrected chi connectivity index (χ2v) is 37.9. The number of rotatable bonds is 12. The Hall–Kier alpha value is -8.60. The SMILES string of the molecule is Cc1ccc(S(=O)(=O)N2CCCN3CCCN(S(=O)(=O)c4ccc(C)cc4)c4ccc(cc4)N(S(=O)(=O)c4ccc(C)cc4)CCCN(CCCN(S(=O)(=O)c4ccc(C)cc4)c4ccc2cc4)CCCN(S(=O)(=O)c2ccc(C)cc2)c2ccc(cc2)N(S(=O)(=O)c2ccc(C)cc2)CCC3)cc1. The molecular formula is C78H90N8O12S6. The molecular weight excluding hydrogens is 1430 g/mol. The molecule has 104 heavy (non-hydrogen) atoms. The first kappa shape index (κ1) is 76.5. The zero-order chi connectivity index (χ0) is 74.2. The standard InChI is InChI=1S/C78H90N8O12S6/c1-61-13-37-73(38-14-61)99(87,88)81-55-7-49-79-50-8-57-83(101(91,92)75-41-17-63(3)18-42-75)69-29-33-71(34-30-69)85(103(95,96)77-45-21-65(5)22-46-77)59-11-53-80(52-10-56-82(68-27-25-67(81)26-28-68)100(89,90)74-39-15-62(2)16-40-74)54-12-60-86(104(97,98)78-47-23-66(6)24-48-78)72-35-31-70(32-36-72)84(58-9-51-79)102(93,94)76-43-19-64(4)20-44-76/h13-48H,7-12,49-60H2,1-6H3. The first-order valence-electron chi connectivity index (χ1n) is 34.8. The fraction of sp³-hybridized carbons (Fsp3) is 0.308. The minimum absolute atomic E-state index is 0.0310. The molecule has 12 aliphatic rings. The maximum atomic E-state index is 15.2. The van der Waals surface area contributed by atoms with Crippen molar-refractivity contribution in [2.75, 3.05) is 104 Å². The van der Waals surface area contributed by atoms with Crippen LogP contribution in [0.2, 0.25) is 0 Å². The van der Waals surface area contributed by atoms with Crippen LogP contribution in [0.5, 0.6) is 0 Å². The summed E-state index contributed by atoms with van der Waals surface area (Å²) in [6, 6.07) is 58.2. The first-order valence-corrected chi connectivity index (χ1v) is 43.5. The molecule has 26 heteroatoms. The van der Waals surface area contributed by atoms with Crippen molar-refractivity contribution in [2.24, 2.45) is 0 Å². The summed E-state index contributed by atoms with van der Waals surface area (Å²) >= 11 is 0. The van der Waals surface area contributed by atoms with Crippen molar-refractivity contribution in [3.05, 3.63) is 252 Å². The fourth-order valence-corrected chi connectivity index (χ4v) is 22.0. The summed E-state index contributed by atoms with van der Waals surface area (Å²) in [5.41, 5.74) is 6.59. The van der Waals surface area contributed by atoms with Gasteiger partial charge in [0.15, 0.2) is 0 Å². The molecule has 0 N–H and O–H groups in total. The lowest BCUT2D eigenvalue weighted by atomic mass is 10.2. The Balaban J connectivity index is 1.08. The topological polar surface area (TPSA) is 231 Å². The summed E-state index contributed by atoms with van der Waals surface area (Å²) in [6.45, 7) is 11.9. The van der Waals surface area contributed by atoms with Gasteiger partial charge >= 0.3 is 0 Å². The highest BCUT2D eigenvalue weighted by atomic mass is 32.2. The van der Waals surface area contributed by atoms with Crippen LogP contribution >= 0.6 is 0 Å². The molecule has 0 amide bonds. The van der Waals surface area contributed by atoms with E-state index in [-0.39, 0.29) is 181 Å². The van der Waals surface area contributed by atoms with Gasteiger partial charge in [-0.1, -0.05) is 106 Å². The monoisotopic (exact) mass is 1520 g/mol. The Kier molecular flexibility index (Phi) is 23.8. The number of hydrogen-bond donors (Lipinski definition) is 0. The van der Waals surface area contributed by atoms with Gasteiger partial charge in [-0.05, 0) is 265 Å². The molecule has 8 bridgehead atoms. The van der Waals surface area contributed by atoms with Gasteiger partial charge in [-0.3, -0.25) is 25.8 Å². The molecule has 9 aromatic rings. The van der Waals surface area contributed by atoms with Crippen LogP contribution in [0.3, 0.4) is 0 Å². The van der Waals surface area contributed by atoms with E-state index in [1.54, 1.807) is 218 Å². The van der Waals surface area contributed by atoms with E-state index in [9.17, 15) is 0 Å². The quantitative estimate of drug-likeness (QED) is 0.111. The summed E-state index contributed by atoms with van der Waals surface area (Å²) in [6.07, 6.45) is 1.17. The van der Waals surface area contributed by atoms with Crippen LogP contribution in [0.25, 0.3) is 0 Å². The van der Waals surface area contributed by atoms with Gasteiger partial charge in [-0.25, -0.2) is 50.5 Å². The molecule has 0 fully saturated rings. The highest BCUT2D eigenvalue weighted by Crippen LogP contribution is 2.35. The lowest BCUT2D eigenvalue weighted by molar-refractivity contribution is 0.268. The third-order valence-electron chi connectivity index (χ3n) is 18.9. The molecule has 9 aromatic carbocycles. The first-order chi connectivity index (χ1) is 49.5. The predicted octanol–water partition coefficient (Wildman–Crippen LogP) is 13.1. The van der Waals surface area contributed by atoms with Gasteiger partial charge in [0.05, 0.1) is 63.5 Å². The summed E-state index contributed by atoms with van der Waals surface area (Å²) in [5, 5.41) is 0. The van der Waals surface area contributed by atoms with Crippen molar-refractivity contribution in [1.29, 1.82) is 0 Å². The van der Waals surface area contributed by atoms with Gasteiger partial charge in [-0.2, -0.15) is 0 Å². The van der Waals surface area contributed by atoms with Gasteiger partial charge in [0, 0.05) is 39.3 Å². The number of nitrogens with zero attached hydrogens (tertiary/aromatic N) is 8. The van der Waals surface area contributed by atoms with Crippen molar-refractivity contribution in [2.45, 2.75) is 109 Å². The van der Waals surface area contributed by atoms with Crippen LogP contribution in [0.15, 0.2) is 248 Å². The van der Waals surface area contributed by atoms with E-state index in [0.29, 0.717) is 0 Å². The Morgan fingerprint density at radius 1 is 0.173 bits per heavy atom. The Labute approximate surface area is 615 Å². The normalized spacial score (nSPS) is 17.4. The van der Waals surface area contributed by atoms with E-state index < -0.39 is 60.1 Å². The average molecular weight is 1520 g/mol. The number of anilines is 6. The van der Waals surface area contributed by atoms with Crippen LogP contribution in [-0.4, -0.2) is 139 Å². The van der Waals surface area contributed by atoms with E-state index in [0.717, 1.165) is 33.4 Å². The van der Waals surface area contributed by atoms with Gasteiger partial charge in [0.25, 0.3) is 60.1 Å². The summed E-state index contributed by atoms with van der Waals surface area (Å²) in [5.74, 6) is 0. The second kappa shape index (κ2) is 32.4. The number of sulfonamides is 6. The zero-order valence-electron chi connectivity index (χ0n) is 59.4. The summed E-state index contributed by atoms with van der Waals surface area (Å²) in [7, 11) is -25.9. The van der Waals surface area contributed by atoms with E-state index in [2.05, 4.69) is 0 Å². The zero-order valence-corrected chi connectivity index (χ0v) is 64.3. The van der Waals surface area contributed by atoms with Gasteiger partial charge in [0.2, 0.25) is 0 Å². The lowest BCUT2D eigenvalue weighted by Crippen LogP contribution is -2.39. The largest absolute Gasteiger partial charge is 0.303 e.